The van der Waals surface area contributed by atoms with Crippen LogP contribution in [-0.2, 0) is 26.1 Å². The number of nitro benzene ring substituents is 1. The van der Waals surface area contributed by atoms with Crippen molar-refractivity contribution in [3.63, 3.8) is 0 Å². The van der Waals surface area contributed by atoms with Crippen molar-refractivity contribution in [1.82, 2.24) is 9.21 Å². The number of benzene rings is 3. The van der Waals surface area contributed by atoms with Crippen molar-refractivity contribution < 1.29 is 32.0 Å². The fourth-order valence-electron chi connectivity index (χ4n) is 4.55. The molecule has 3 aromatic rings. The van der Waals surface area contributed by atoms with Crippen molar-refractivity contribution in [2.24, 2.45) is 5.92 Å². The second kappa shape index (κ2) is 14.1. The average molecular weight is 670 g/mol. The Morgan fingerprint density at radius 1 is 1.14 bits per heavy atom. The maximum Gasteiger partial charge on any atom is 0.293 e. The number of nitrogens with zero attached hydrogens (tertiary/aromatic N) is 3. The van der Waals surface area contributed by atoms with Gasteiger partial charge in [-0.05, 0) is 42.3 Å². The number of nitro groups is 1. The lowest BCUT2D eigenvalue weighted by atomic mass is 10.0. The first-order valence-electron chi connectivity index (χ1n) is 13.6. The van der Waals surface area contributed by atoms with E-state index in [-0.39, 0.29) is 66.0 Å². The summed E-state index contributed by atoms with van der Waals surface area (Å²) in [4.78, 5) is 26.2. The number of rotatable bonds is 11. The van der Waals surface area contributed by atoms with Gasteiger partial charge in [0.1, 0.15) is 29.0 Å². The second-order valence-corrected chi connectivity index (χ2v) is 13.2. The van der Waals surface area contributed by atoms with Gasteiger partial charge in [-0.3, -0.25) is 14.9 Å². The summed E-state index contributed by atoms with van der Waals surface area (Å²) < 4.78 is 52.2. The zero-order chi connectivity index (χ0) is 32.2. The van der Waals surface area contributed by atoms with Crippen molar-refractivity contribution in [1.29, 1.82) is 0 Å². The van der Waals surface area contributed by atoms with Gasteiger partial charge in [-0.15, -0.1) is 0 Å². The molecule has 3 aromatic carbocycles. The molecule has 0 aromatic heterocycles. The van der Waals surface area contributed by atoms with Crippen LogP contribution < -0.4 is 10.1 Å². The van der Waals surface area contributed by atoms with Gasteiger partial charge in [0.05, 0.1) is 28.1 Å². The SMILES string of the molecule is CC(C)[C@H](Nc1ccc(S(=O)(=O)N2CCOCC2)cc1[N+](=O)[O-])C(=O)N(C)Cc1ccc(Cl)cc1Oc1ccc(F)c(Cl)c1. The van der Waals surface area contributed by atoms with Gasteiger partial charge in [-0.1, -0.05) is 43.1 Å². The minimum atomic E-state index is -3.98. The van der Waals surface area contributed by atoms with Crippen LogP contribution in [0.15, 0.2) is 59.5 Å². The van der Waals surface area contributed by atoms with Crippen molar-refractivity contribution >= 4 is 50.5 Å². The minimum absolute atomic E-state index is 0.0000753. The standard InChI is InChI=1S/C29H31Cl2FN4O7S/c1-18(2)28(33-25-9-7-22(16-26(25)36(38)39)44(40,41)35-10-12-42-13-11-35)29(37)34(3)17-19-4-5-20(30)14-27(19)43-21-6-8-24(32)23(31)15-21/h4-9,14-16,18,28,33H,10-13,17H2,1-3H3/t28-/m0/s1. The molecule has 11 nitrogen and oxygen atoms in total. The highest BCUT2D eigenvalue weighted by atomic mass is 35.5. The highest BCUT2D eigenvalue weighted by Crippen LogP contribution is 2.33. The molecular formula is C29H31Cl2FN4O7S. The minimum Gasteiger partial charge on any atom is -0.457 e. The van der Waals surface area contributed by atoms with Gasteiger partial charge >= 0.3 is 0 Å². The van der Waals surface area contributed by atoms with Gasteiger partial charge in [-0.2, -0.15) is 4.31 Å². The second-order valence-electron chi connectivity index (χ2n) is 10.4. The first kappa shape index (κ1) is 33.4. The van der Waals surface area contributed by atoms with Crippen LogP contribution in [-0.4, -0.2) is 67.8 Å². The number of sulfonamides is 1. The van der Waals surface area contributed by atoms with Gasteiger partial charge in [0.25, 0.3) is 5.69 Å². The van der Waals surface area contributed by atoms with Crippen molar-refractivity contribution in [3.8, 4) is 11.5 Å². The predicted octanol–water partition coefficient (Wildman–Crippen LogP) is 5.95. The van der Waals surface area contributed by atoms with E-state index in [2.05, 4.69) is 5.32 Å². The summed E-state index contributed by atoms with van der Waals surface area (Å²) in [6, 6.07) is 11.4. The van der Waals surface area contributed by atoms with Crippen LogP contribution >= 0.6 is 23.2 Å². The smallest absolute Gasteiger partial charge is 0.293 e. The summed E-state index contributed by atoms with van der Waals surface area (Å²) in [5.41, 5.74) is 0.101. The largest absolute Gasteiger partial charge is 0.457 e. The lowest BCUT2D eigenvalue weighted by Gasteiger charge is -2.28. The third-order valence-electron chi connectivity index (χ3n) is 6.95. The lowest BCUT2D eigenvalue weighted by Crippen LogP contribution is -2.43. The van der Waals surface area contributed by atoms with E-state index < -0.39 is 32.5 Å². The number of likely N-dealkylation sites (N-methyl/N-ethyl adjacent to an activating group) is 1. The summed E-state index contributed by atoms with van der Waals surface area (Å²) in [7, 11) is -2.41. The molecule has 1 N–H and O–H groups in total. The number of halogens is 3. The molecule has 236 valence electrons. The van der Waals surface area contributed by atoms with Crippen LogP contribution in [0.25, 0.3) is 0 Å². The van der Waals surface area contributed by atoms with E-state index in [1.54, 1.807) is 39.1 Å². The van der Waals surface area contributed by atoms with Gasteiger partial charge < -0.3 is 19.7 Å². The van der Waals surface area contributed by atoms with Crippen LogP contribution in [0.1, 0.15) is 19.4 Å². The van der Waals surface area contributed by atoms with Crippen LogP contribution in [0.3, 0.4) is 0 Å². The summed E-state index contributed by atoms with van der Waals surface area (Å²) >= 11 is 12.1. The van der Waals surface area contributed by atoms with Gasteiger partial charge in [0.15, 0.2) is 0 Å². The molecule has 15 heteroatoms. The highest BCUT2D eigenvalue weighted by Gasteiger charge is 2.32. The monoisotopic (exact) mass is 668 g/mol. The van der Waals surface area contributed by atoms with E-state index in [0.29, 0.717) is 16.3 Å². The van der Waals surface area contributed by atoms with Crippen LogP contribution in [0.2, 0.25) is 10.0 Å². The maximum atomic E-state index is 13.7. The Balaban J connectivity index is 1.56. The molecule has 1 aliphatic rings. The molecule has 0 aliphatic carbocycles. The fraction of sp³-hybridized carbons (Fsp3) is 0.345. The number of amides is 1. The Bertz CT molecular complexity index is 1650. The maximum absolute atomic E-state index is 13.7. The Labute approximate surface area is 264 Å². The quantitative estimate of drug-likeness (QED) is 0.196. The molecule has 1 aliphatic heterocycles. The van der Waals surface area contributed by atoms with E-state index in [1.165, 1.54) is 39.5 Å². The lowest BCUT2D eigenvalue weighted by molar-refractivity contribution is -0.384. The number of nitrogens with one attached hydrogen (secondary N) is 1. The predicted molar refractivity (Wildman–Crippen MR) is 164 cm³/mol. The molecule has 1 saturated heterocycles. The number of carbonyl (C=O) groups excluding carboxylic acids is 1. The van der Waals surface area contributed by atoms with Crippen LogP contribution in [0.5, 0.6) is 11.5 Å². The molecular weight excluding hydrogens is 638 g/mol. The van der Waals surface area contributed by atoms with E-state index in [9.17, 15) is 27.7 Å². The van der Waals surface area contributed by atoms with Gasteiger partial charge in [0.2, 0.25) is 15.9 Å². The van der Waals surface area contributed by atoms with E-state index in [0.717, 1.165) is 6.07 Å². The zero-order valence-electron chi connectivity index (χ0n) is 24.1. The number of hydrogen-bond acceptors (Lipinski definition) is 8. The van der Waals surface area contributed by atoms with Crippen molar-refractivity contribution in [2.75, 3.05) is 38.7 Å². The number of morpholine rings is 1. The van der Waals surface area contributed by atoms with Crippen LogP contribution in [0, 0.1) is 21.8 Å². The third kappa shape index (κ3) is 7.77. The van der Waals surface area contributed by atoms with E-state index in [1.807, 2.05) is 0 Å². The molecule has 1 heterocycles. The van der Waals surface area contributed by atoms with E-state index in [4.69, 9.17) is 32.7 Å². The molecule has 1 amide bonds. The van der Waals surface area contributed by atoms with Crippen molar-refractivity contribution in [2.45, 2.75) is 31.3 Å². The fourth-order valence-corrected chi connectivity index (χ4v) is 6.32. The summed E-state index contributed by atoms with van der Waals surface area (Å²) in [6.45, 7) is 4.38. The molecule has 0 bridgehead atoms. The molecule has 1 fully saturated rings. The zero-order valence-corrected chi connectivity index (χ0v) is 26.5. The summed E-state index contributed by atoms with van der Waals surface area (Å²) in [5.74, 6) is -0.714. The molecule has 1 atom stereocenters. The normalized spacial score (nSPS) is 14.7. The van der Waals surface area contributed by atoms with Gasteiger partial charge in [0, 0.05) is 49.4 Å². The Hall–Kier alpha value is -3.49. The molecule has 4 rings (SSSR count). The Kier molecular flexibility index (Phi) is 10.7. The molecule has 0 radical (unpaired) electrons. The van der Waals surface area contributed by atoms with Crippen molar-refractivity contribution in [3.05, 3.63) is 86.1 Å². The Morgan fingerprint density at radius 3 is 2.48 bits per heavy atom. The topological polar surface area (TPSA) is 131 Å². The molecule has 0 unspecified atom stereocenters. The average Bonchev–Trinajstić information content (AvgIpc) is 2.99. The molecule has 44 heavy (non-hydrogen) atoms. The number of hydrogen-bond donors (Lipinski definition) is 1. The highest BCUT2D eigenvalue weighted by molar-refractivity contribution is 7.89. The number of anilines is 1. The van der Waals surface area contributed by atoms with E-state index >= 15 is 0 Å². The number of carbonyl (C=O) groups is 1. The van der Waals surface area contributed by atoms with Gasteiger partial charge in [-0.25, -0.2) is 12.8 Å². The molecule has 0 spiro atoms. The first-order chi connectivity index (χ1) is 20.8. The number of ether oxygens (including phenoxy) is 2. The summed E-state index contributed by atoms with van der Waals surface area (Å²) in [6.07, 6.45) is 0. The van der Waals surface area contributed by atoms with Crippen LogP contribution in [0.4, 0.5) is 15.8 Å². The first-order valence-corrected chi connectivity index (χ1v) is 15.8. The summed E-state index contributed by atoms with van der Waals surface area (Å²) in [5, 5.41) is 15.2. The Morgan fingerprint density at radius 2 is 1.84 bits per heavy atom. The third-order valence-corrected chi connectivity index (χ3v) is 9.37. The molecule has 0 saturated carbocycles.